The van der Waals surface area contributed by atoms with Crippen molar-refractivity contribution < 1.29 is 13.9 Å². The summed E-state index contributed by atoms with van der Waals surface area (Å²) in [7, 11) is 0. The summed E-state index contributed by atoms with van der Waals surface area (Å²) in [5, 5.41) is 10.5. The summed E-state index contributed by atoms with van der Waals surface area (Å²) in [6.45, 7) is 9.49. The van der Waals surface area contributed by atoms with Gasteiger partial charge in [0.15, 0.2) is 0 Å². The molecule has 1 aromatic heterocycles. The highest BCUT2D eigenvalue weighted by molar-refractivity contribution is 6.10. The Balaban J connectivity index is 1.90. The zero-order chi connectivity index (χ0) is 23.1. The largest absolute Gasteiger partial charge is 0.492 e. The lowest BCUT2D eigenvalue weighted by molar-refractivity contribution is 0.0977. The molecule has 0 bridgehead atoms. The van der Waals surface area contributed by atoms with E-state index in [1.807, 2.05) is 56.6 Å². The van der Waals surface area contributed by atoms with Crippen LogP contribution in [-0.4, -0.2) is 28.3 Å². The van der Waals surface area contributed by atoms with E-state index < -0.39 is 11.7 Å². The second kappa shape index (κ2) is 10.6. The van der Waals surface area contributed by atoms with Gasteiger partial charge in [-0.05, 0) is 64.1 Å². The van der Waals surface area contributed by atoms with Gasteiger partial charge in [0.1, 0.15) is 11.6 Å². The first-order valence-electron chi connectivity index (χ1n) is 10.6. The number of nitrogens with zero attached hydrogens (tertiary/aromatic N) is 3. The first kappa shape index (κ1) is 23.0. The molecule has 1 amide bonds. The summed E-state index contributed by atoms with van der Waals surface area (Å²) in [6, 6.07) is 12.8. The third-order valence-corrected chi connectivity index (χ3v) is 5.00. The fourth-order valence-electron chi connectivity index (χ4n) is 3.30. The number of nitrogens with one attached hydrogen (secondary N) is 2. The van der Waals surface area contributed by atoms with Crippen LogP contribution in [0.3, 0.4) is 0 Å². The average molecular weight is 438 g/mol. The van der Waals surface area contributed by atoms with E-state index in [-0.39, 0.29) is 5.96 Å². The van der Waals surface area contributed by atoms with E-state index in [0.717, 1.165) is 23.5 Å². The highest BCUT2D eigenvalue weighted by atomic mass is 19.1. The van der Waals surface area contributed by atoms with Crippen molar-refractivity contribution in [3.8, 4) is 5.75 Å². The Kier molecular flexibility index (Phi) is 7.59. The van der Waals surface area contributed by atoms with E-state index in [4.69, 9.17) is 4.74 Å². The van der Waals surface area contributed by atoms with Crippen molar-refractivity contribution in [1.29, 1.82) is 0 Å². The number of guanidine groups is 1. The van der Waals surface area contributed by atoms with Gasteiger partial charge in [-0.15, -0.1) is 0 Å². The van der Waals surface area contributed by atoms with Crippen LogP contribution in [-0.2, 0) is 13.1 Å². The molecule has 0 aliphatic heterocycles. The molecule has 1 heterocycles. The molecule has 8 heteroatoms. The van der Waals surface area contributed by atoms with E-state index in [0.29, 0.717) is 30.2 Å². The van der Waals surface area contributed by atoms with Crippen molar-refractivity contribution in [1.82, 2.24) is 15.1 Å². The van der Waals surface area contributed by atoms with Crippen molar-refractivity contribution in [3.63, 3.8) is 0 Å². The number of hydrogen-bond donors (Lipinski definition) is 2. The van der Waals surface area contributed by atoms with Gasteiger partial charge in [-0.25, -0.2) is 9.38 Å². The highest BCUT2D eigenvalue weighted by Gasteiger charge is 2.14. The number of aliphatic imine (C=N–C) groups is 1. The minimum absolute atomic E-state index is 0.259. The smallest absolute Gasteiger partial charge is 0.257 e. The quantitative estimate of drug-likeness (QED) is 0.423. The summed E-state index contributed by atoms with van der Waals surface area (Å²) in [4.78, 5) is 17.4. The third kappa shape index (κ3) is 5.51. The van der Waals surface area contributed by atoms with Gasteiger partial charge < -0.3 is 10.1 Å². The Bertz CT molecular complexity index is 1110. The maximum atomic E-state index is 13.2. The van der Waals surface area contributed by atoms with E-state index in [2.05, 4.69) is 20.7 Å². The van der Waals surface area contributed by atoms with Crippen LogP contribution in [0.5, 0.6) is 5.75 Å². The van der Waals surface area contributed by atoms with Crippen molar-refractivity contribution in [2.45, 2.75) is 40.8 Å². The minimum atomic E-state index is -0.405. The molecule has 0 saturated heterocycles. The van der Waals surface area contributed by atoms with Crippen LogP contribution in [0.2, 0.25) is 0 Å². The summed E-state index contributed by atoms with van der Waals surface area (Å²) < 4.78 is 20.8. The van der Waals surface area contributed by atoms with Crippen LogP contribution in [0.1, 0.15) is 41.2 Å². The fraction of sp³-hybridized carbons (Fsp3) is 0.292. The number of benzene rings is 2. The molecule has 0 unspecified atom stereocenters. The summed E-state index contributed by atoms with van der Waals surface area (Å²) in [6.07, 6.45) is 0. The number of aryl methyl sites for hydroxylation is 2. The molecule has 168 valence electrons. The van der Waals surface area contributed by atoms with Gasteiger partial charge in [0, 0.05) is 23.4 Å². The molecular formula is C24H28FN5O2. The molecule has 2 N–H and O–H groups in total. The van der Waals surface area contributed by atoms with E-state index >= 15 is 0 Å². The Morgan fingerprint density at radius 1 is 1.12 bits per heavy atom. The number of hydrogen-bond acceptors (Lipinski definition) is 4. The number of rotatable bonds is 7. The van der Waals surface area contributed by atoms with Gasteiger partial charge in [-0.3, -0.25) is 14.8 Å². The van der Waals surface area contributed by atoms with E-state index in [9.17, 15) is 9.18 Å². The molecule has 0 aliphatic rings. The van der Waals surface area contributed by atoms with Crippen molar-refractivity contribution >= 4 is 17.6 Å². The maximum absolute atomic E-state index is 13.2. The zero-order valence-corrected chi connectivity index (χ0v) is 18.8. The van der Waals surface area contributed by atoms with Crippen LogP contribution < -0.4 is 15.4 Å². The Labute approximate surface area is 187 Å². The minimum Gasteiger partial charge on any atom is -0.492 e. The van der Waals surface area contributed by atoms with Gasteiger partial charge in [-0.2, -0.15) is 5.10 Å². The average Bonchev–Trinajstić information content (AvgIpc) is 3.06. The SMILES string of the molecule is CCOc1ccccc1NC(=NCc1c(C)nn(CC)c1C)NC(=O)c1ccc(F)cc1. The Morgan fingerprint density at radius 2 is 1.84 bits per heavy atom. The van der Waals surface area contributed by atoms with Crippen molar-refractivity contribution in [3.05, 3.63) is 76.9 Å². The van der Waals surface area contributed by atoms with Gasteiger partial charge in [-0.1, -0.05) is 12.1 Å². The van der Waals surface area contributed by atoms with Crippen LogP contribution in [0.4, 0.5) is 10.1 Å². The van der Waals surface area contributed by atoms with Gasteiger partial charge in [0.2, 0.25) is 5.96 Å². The molecule has 0 aliphatic carbocycles. The second-order valence-electron chi connectivity index (χ2n) is 7.15. The van der Waals surface area contributed by atoms with Crippen LogP contribution in [0.25, 0.3) is 0 Å². The van der Waals surface area contributed by atoms with Gasteiger partial charge >= 0.3 is 0 Å². The van der Waals surface area contributed by atoms with Crippen LogP contribution >= 0.6 is 0 Å². The van der Waals surface area contributed by atoms with Crippen molar-refractivity contribution in [2.75, 3.05) is 11.9 Å². The molecule has 0 spiro atoms. The number of para-hydroxylation sites is 2. The standard InChI is InChI=1S/C24H28FN5O2/c1-5-30-17(4)20(16(3)29-30)15-26-24(27-21-9-7-8-10-22(21)32-6-2)28-23(31)18-11-13-19(25)14-12-18/h7-14H,5-6,15H2,1-4H3,(H2,26,27,28,31). The molecule has 3 aromatic rings. The Hall–Kier alpha value is -3.68. The molecule has 3 rings (SSSR count). The summed E-state index contributed by atoms with van der Waals surface area (Å²) in [5.41, 5.74) is 3.93. The lowest BCUT2D eigenvalue weighted by Crippen LogP contribution is -2.36. The molecule has 2 aromatic carbocycles. The number of ether oxygens (including phenoxy) is 1. The predicted octanol–water partition coefficient (Wildman–Crippen LogP) is 4.46. The van der Waals surface area contributed by atoms with Gasteiger partial charge in [0.05, 0.1) is 24.5 Å². The molecule has 7 nitrogen and oxygen atoms in total. The van der Waals surface area contributed by atoms with Crippen LogP contribution in [0, 0.1) is 19.7 Å². The van der Waals surface area contributed by atoms with Crippen molar-refractivity contribution in [2.24, 2.45) is 4.99 Å². The lowest BCUT2D eigenvalue weighted by atomic mass is 10.2. The molecule has 0 atom stereocenters. The predicted molar refractivity (Wildman–Crippen MR) is 124 cm³/mol. The molecule has 32 heavy (non-hydrogen) atoms. The summed E-state index contributed by atoms with van der Waals surface area (Å²) in [5.74, 6) is 0.0975. The lowest BCUT2D eigenvalue weighted by Gasteiger charge is -2.15. The maximum Gasteiger partial charge on any atom is 0.257 e. The molecular weight excluding hydrogens is 409 g/mol. The first-order valence-corrected chi connectivity index (χ1v) is 10.6. The third-order valence-electron chi connectivity index (χ3n) is 5.00. The number of aromatic nitrogens is 2. The normalized spacial score (nSPS) is 11.3. The monoisotopic (exact) mass is 437 g/mol. The number of halogens is 1. The number of anilines is 1. The topological polar surface area (TPSA) is 80.5 Å². The molecule has 0 radical (unpaired) electrons. The molecule has 0 fully saturated rings. The zero-order valence-electron chi connectivity index (χ0n) is 18.8. The number of amides is 1. The van der Waals surface area contributed by atoms with E-state index in [1.165, 1.54) is 24.3 Å². The molecule has 0 saturated carbocycles. The van der Waals surface area contributed by atoms with Crippen LogP contribution in [0.15, 0.2) is 53.5 Å². The first-order chi connectivity index (χ1) is 15.4. The number of carbonyl (C=O) groups is 1. The summed E-state index contributed by atoms with van der Waals surface area (Å²) >= 11 is 0. The Morgan fingerprint density at radius 3 is 2.50 bits per heavy atom. The second-order valence-corrected chi connectivity index (χ2v) is 7.15. The number of carbonyl (C=O) groups excluding carboxylic acids is 1. The fourth-order valence-corrected chi connectivity index (χ4v) is 3.30. The van der Waals surface area contributed by atoms with E-state index in [1.54, 1.807) is 0 Å². The van der Waals surface area contributed by atoms with Gasteiger partial charge in [0.25, 0.3) is 5.91 Å². The highest BCUT2D eigenvalue weighted by Crippen LogP contribution is 2.24.